The Balaban J connectivity index is 2.11. The second-order valence-corrected chi connectivity index (χ2v) is 3.81. The summed E-state index contributed by atoms with van der Waals surface area (Å²) in [5.74, 6) is -0.953. The number of nitrogens with one attached hydrogen (secondary N) is 1. The zero-order valence-electron chi connectivity index (χ0n) is 10.6. The van der Waals surface area contributed by atoms with E-state index in [0.717, 1.165) is 5.69 Å². The first-order chi connectivity index (χ1) is 9.75. The van der Waals surface area contributed by atoms with Crippen LogP contribution in [0.5, 0.6) is 0 Å². The lowest BCUT2D eigenvalue weighted by molar-refractivity contribution is -0.112. The van der Waals surface area contributed by atoms with Crippen molar-refractivity contribution in [2.24, 2.45) is 21.1 Å². The summed E-state index contributed by atoms with van der Waals surface area (Å²) in [6.45, 7) is 0. The number of nitrogens with two attached hydrogens (primary N) is 1. The molecule has 0 saturated carbocycles. The highest BCUT2D eigenvalue weighted by Crippen LogP contribution is 2.10. The summed E-state index contributed by atoms with van der Waals surface area (Å²) in [6.07, 6.45) is 0. The van der Waals surface area contributed by atoms with E-state index in [4.69, 9.17) is 5.73 Å². The van der Waals surface area contributed by atoms with E-state index in [9.17, 15) is 4.79 Å². The van der Waals surface area contributed by atoms with Crippen LogP contribution in [-0.2, 0) is 4.79 Å². The lowest BCUT2D eigenvalue weighted by Crippen LogP contribution is -2.22. The van der Waals surface area contributed by atoms with Gasteiger partial charge in [-0.2, -0.15) is 0 Å². The molecule has 100 valence electrons. The van der Waals surface area contributed by atoms with Crippen LogP contribution in [0.2, 0.25) is 0 Å². The minimum Gasteiger partial charge on any atom is -0.363 e. The largest absolute Gasteiger partial charge is 0.363 e. The zero-order valence-corrected chi connectivity index (χ0v) is 10.6. The predicted octanol–water partition coefficient (Wildman–Crippen LogP) is 2.68. The molecule has 6 heteroatoms. The fraction of sp³-hybridized carbons (Fsp3) is 0. The topological polar surface area (TPSA) is 92.2 Å². The molecular weight excluding hydrogens is 254 g/mol. The van der Waals surface area contributed by atoms with Crippen molar-refractivity contribution in [3.8, 4) is 0 Å². The van der Waals surface area contributed by atoms with Crippen LogP contribution >= 0.6 is 0 Å². The highest BCUT2D eigenvalue weighted by Gasteiger charge is 2.05. The number of anilines is 1. The van der Waals surface area contributed by atoms with Gasteiger partial charge in [0.05, 0.1) is 11.4 Å². The molecule has 2 aromatic rings. The number of para-hydroxylation sites is 1. The molecule has 0 unspecified atom stereocenters. The summed E-state index contributed by atoms with van der Waals surface area (Å²) in [5.41, 5.74) is 9.23. The van der Waals surface area contributed by atoms with Crippen molar-refractivity contribution in [3.05, 3.63) is 60.7 Å². The van der Waals surface area contributed by atoms with Crippen LogP contribution in [0.4, 0.5) is 11.4 Å². The third-order valence-corrected chi connectivity index (χ3v) is 2.30. The number of carbonyl (C=O) groups excluding carboxylic acids is 1. The average molecular weight is 267 g/mol. The fourth-order valence-corrected chi connectivity index (χ4v) is 1.36. The number of primary amides is 1. The third kappa shape index (κ3) is 4.02. The van der Waals surface area contributed by atoms with Gasteiger partial charge in [-0.1, -0.05) is 36.4 Å². The van der Waals surface area contributed by atoms with E-state index in [1.54, 1.807) is 24.3 Å². The van der Waals surface area contributed by atoms with E-state index < -0.39 is 5.91 Å². The second kappa shape index (κ2) is 6.79. The van der Waals surface area contributed by atoms with Gasteiger partial charge in [0.1, 0.15) is 0 Å². The van der Waals surface area contributed by atoms with Crippen LogP contribution in [0.3, 0.4) is 0 Å². The summed E-state index contributed by atoms with van der Waals surface area (Å²) in [4.78, 5) is 11.2. The molecule has 0 aliphatic heterocycles. The third-order valence-electron chi connectivity index (χ3n) is 2.30. The Labute approximate surface area is 116 Å². The molecule has 0 bridgehead atoms. The Morgan fingerprint density at radius 2 is 1.55 bits per heavy atom. The van der Waals surface area contributed by atoms with E-state index in [1.807, 2.05) is 36.4 Å². The molecule has 0 fully saturated rings. The predicted molar refractivity (Wildman–Crippen MR) is 77.7 cm³/mol. The van der Waals surface area contributed by atoms with Crippen molar-refractivity contribution in [2.75, 3.05) is 5.43 Å². The number of nitrogens with zero attached hydrogens (tertiary/aromatic N) is 3. The number of amides is 1. The summed E-state index contributed by atoms with van der Waals surface area (Å²) >= 11 is 0. The Kier molecular flexibility index (Phi) is 4.55. The van der Waals surface area contributed by atoms with Gasteiger partial charge < -0.3 is 5.73 Å². The molecule has 0 spiro atoms. The molecule has 0 heterocycles. The molecule has 0 atom stereocenters. The van der Waals surface area contributed by atoms with Crippen LogP contribution in [0, 0.1) is 0 Å². The van der Waals surface area contributed by atoms with Crippen molar-refractivity contribution < 1.29 is 4.79 Å². The van der Waals surface area contributed by atoms with Gasteiger partial charge in [-0.25, -0.2) is 0 Å². The average Bonchev–Trinajstić information content (AvgIpc) is 2.49. The number of rotatable bonds is 3. The number of carbonyl (C=O) groups is 1. The Bertz CT molecular complexity index is 623. The standard InChI is InChI=1S/C14H13N5O/c15-13(20)14(18-16-11-7-3-1-4-8-11)19-17-12-9-5-2-6-10-12/h1-10,16H,(H2,15,20)/b18-14-,19-17?. The molecule has 0 aliphatic carbocycles. The molecule has 0 saturated heterocycles. The Morgan fingerprint density at radius 3 is 2.15 bits per heavy atom. The highest BCUT2D eigenvalue weighted by molar-refractivity contribution is 6.37. The van der Waals surface area contributed by atoms with Gasteiger partial charge in [-0.3, -0.25) is 10.2 Å². The van der Waals surface area contributed by atoms with Gasteiger partial charge >= 0.3 is 0 Å². The lowest BCUT2D eigenvalue weighted by Gasteiger charge is -1.99. The number of hydrogen-bond donors (Lipinski definition) is 2. The normalized spacial score (nSPS) is 11.5. The van der Waals surface area contributed by atoms with Gasteiger partial charge in [-0.05, 0) is 24.3 Å². The lowest BCUT2D eigenvalue weighted by atomic mass is 10.3. The first-order valence-corrected chi connectivity index (χ1v) is 5.91. The van der Waals surface area contributed by atoms with Crippen molar-refractivity contribution in [1.29, 1.82) is 0 Å². The first-order valence-electron chi connectivity index (χ1n) is 5.91. The first kappa shape index (κ1) is 13.4. The summed E-state index contributed by atoms with van der Waals surface area (Å²) in [7, 11) is 0. The fourth-order valence-electron chi connectivity index (χ4n) is 1.36. The van der Waals surface area contributed by atoms with E-state index in [-0.39, 0.29) is 5.84 Å². The molecular formula is C14H13N5O. The second-order valence-electron chi connectivity index (χ2n) is 3.81. The summed E-state index contributed by atoms with van der Waals surface area (Å²) in [5, 5.41) is 11.5. The van der Waals surface area contributed by atoms with Crippen molar-refractivity contribution in [1.82, 2.24) is 0 Å². The number of azo groups is 1. The smallest absolute Gasteiger partial charge is 0.290 e. The van der Waals surface area contributed by atoms with Crippen molar-refractivity contribution >= 4 is 23.1 Å². The van der Waals surface area contributed by atoms with Crippen LogP contribution in [0.15, 0.2) is 76.0 Å². The molecule has 0 radical (unpaired) electrons. The minimum atomic E-state index is -0.756. The van der Waals surface area contributed by atoms with Gasteiger partial charge in [0.2, 0.25) is 0 Å². The van der Waals surface area contributed by atoms with Crippen LogP contribution in [0.1, 0.15) is 0 Å². The quantitative estimate of drug-likeness (QED) is 0.387. The van der Waals surface area contributed by atoms with Gasteiger partial charge in [0.15, 0.2) is 0 Å². The number of amidine groups is 1. The van der Waals surface area contributed by atoms with Crippen molar-refractivity contribution in [3.63, 3.8) is 0 Å². The highest BCUT2D eigenvalue weighted by atomic mass is 16.1. The molecule has 1 amide bonds. The molecule has 20 heavy (non-hydrogen) atoms. The van der Waals surface area contributed by atoms with E-state index in [0.29, 0.717) is 5.69 Å². The molecule has 6 nitrogen and oxygen atoms in total. The molecule has 2 aromatic carbocycles. The van der Waals surface area contributed by atoms with Gasteiger partial charge in [-0.15, -0.1) is 15.3 Å². The SMILES string of the molecule is NC(=O)/C(N=Nc1ccccc1)=N/Nc1ccccc1. The molecule has 0 aromatic heterocycles. The van der Waals surface area contributed by atoms with Crippen molar-refractivity contribution in [2.45, 2.75) is 0 Å². The maximum atomic E-state index is 11.2. The number of hydrazone groups is 1. The molecule has 3 N–H and O–H groups in total. The Hall–Kier alpha value is -3.02. The number of benzene rings is 2. The van der Waals surface area contributed by atoms with Gasteiger partial charge in [0.25, 0.3) is 11.7 Å². The Morgan fingerprint density at radius 1 is 0.950 bits per heavy atom. The van der Waals surface area contributed by atoms with Crippen LogP contribution in [-0.4, -0.2) is 11.7 Å². The maximum Gasteiger partial charge on any atom is 0.290 e. The summed E-state index contributed by atoms with van der Waals surface area (Å²) < 4.78 is 0. The monoisotopic (exact) mass is 267 g/mol. The summed E-state index contributed by atoms with van der Waals surface area (Å²) in [6, 6.07) is 18.2. The maximum absolute atomic E-state index is 11.2. The van der Waals surface area contributed by atoms with E-state index >= 15 is 0 Å². The molecule has 2 rings (SSSR count). The van der Waals surface area contributed by atoms with Gasteiger partial charge in [0, 0.05) is 0 Å². The molecule has 0 aliphatic rings. The van der Waals surface area contributed by atoms with E-state index in [1.165, 1.54) is 0 Å². The minimum absolute atomic E-state index is 0.197. The van der Waals surface area contributed by atoms with E-state index in [2.05, 4.69) is 20.8 Å². The van der Waals surface area contributed by atoms with Crippen LogP contribution in [0.25, 0.3) is 0 Å². The number of hydrogen-bond acceptors (Lipinski definition) is 4. The van der Waals surface area contributed by atoms with Crippen LogP contribution < -0.4 is 11.2 Å². The zero-order chi connectivity index (χ0) is 14.2.